The maximum absolute atomic E-state index is 15.8. The summed E-state index contributed by atoms with van der Waals surface area (Å²) >= 11 is 1.08. The lowest BCUT2D eigenvalue weighted by atomic mass is 10.1. The Morgan fingerprint density at radius 1 is 0.789 bits per heavy atom. The molecule has 1 aliphatic rings. The van der Waals surface area contributed by atoms with Gasteiger partial charge in [-0.1, -0.05) is 0 Å². The van der Waals surface area contributed by atoms with E-state index in [0.717, 1.165) is 22.5 Å². The van der Waals surface area contributed by atoms with Crippen molar-refractivity contribution in [3.05, 3.63) is 46.1 Å². The number of amides is 2. The number of Topliss-reactive ketones (excluding diaryl/α,β-unsaturated/α-hetero) is 1. The molecule has 0 saturated carbocycles. The Kier molecular flexibility index (Phi) is 15.1. The van der Waals surface area contributed by atoms with Gasteiger partial charge < -0.3 is 43.4 Å². The molecule has 2 heterocycles. The number of carbonyl (C=O) groups is 5. The Morgan fingerprint density at radius 3 is 2.04 bits per heavy atom. The molecule has 312 valence electrons. The average Bonchev–Trinajstić information content (AvgIpc) is 3.75. The van der Waals surface area contributed by atoms with Crippen LogP contribution in [0.1, 0.15) is 101 Å². The lowest BCUT2D eigenvalue weighted by Gasteiger charge is -2.20. The molecule has 1 aliphatic heterocycles. The molecule has 14 nitrogen and oxygen atoms in total. The van der Waals surface area contributed by atoms with Gasteiger partial charge >= 0.3 is 18.0 Å². The number of fused-ring (bicyclic) bond motifs is 2. The number of halogens is 1. The van der Waals surface area contributed by atoms with Gasteiger partial charge in [-0.3, -0.25) is 19.2 Å². The quantitative estimate of drug-likeness (QED) is 0.0591. The monoisotopic (exact) mass is 816 g/mol. The van der Waals surface area contributed by atoms with Gasteiger partial charge in [-0.2, -0.15) is 0 Å². The van der Waals surface area contributed by atoms with Crippen LogP contribution in [-0.2, 0) is 41.7 Å². The average molecular weight is 817 g/mol. The predicted molar refractivity (Wildman–Crippen MR) is 210 cm³/mol. The molecule has 2 amide bonds. The van der Waals surface area contributed by atoms with Crippen molar-refractivity contribution in [3.8, 4) is 23.0 Å². The third kappa shape index (κ3) is 13.2. The molecule has 0 radical (unpaired) electrons. The van der Waals surface area contributed by atoms with E-state index in [4.69, 9.17) is 33.2 Å². The van der Waals surface area contributed by atoms with Crippen LogP contribution in [0.5, 0.6) is 23.0 Å². The summed E-state index contributed by atoms with van der Waals surface area (Å²) in [5.41, 5.74) is 0.540. The molecule has 4 rings (SSSR count). The van der Waals surface area contributed by atoms with Gasteiger partial charge in [0.2, 0.25) is 5.91 Å². The molecular formula is C41H53FN2O12S. The summed E-state index contributed by atoms with van der Waals surface area (Å²) in [6, 6.07) is 6.69. The molecule has 3 aromatic rings. The van der Waals surface area contributed by atoms with E-state index in [-0.39, 0.29) is 78.9 Å². The third-order valence-corrected chi connectivity index (χ3v) is 9.44. The number of rotatable bonds is 18. The fourth-order valence-corrected chi connectivity index (χ4v) is 6.81. The molecule has 1 atom stereocenters. The van der Waals surface area contributed by atoms with Crippen molar-refractivity contribution in [1.29, 1.82) is 0 Å². The summed E-state index contributed by atoms with van der Waals surface area (Å²) in [6.07, 6.45) is -1.21. The Bertz CT molecular complexity index is 1950. The van der Waals surface area contributed by atoms with Crippen LogP contribution in [0.3, 0.4) is 0 Å². The highest BCUT2D eigenvalue weighted by Crippen LogP contribution is 2.41. The zero-order chi connectivity index (χ0) is 42.1. The molecule has 0 spiro atoms. The topological polar surface area (TPSA) is 165 Å². The molecule has 16 heteroatoms. The van der Waals surface area contributed by atoms with E-state index < -0.39 is 41.2 Å². The molecule has 0 bridgehead atoms. The van der Waals surface area contributed by atoms with Crippen molar-refractivity contribution < 1.29 is 61.5 Å². The minimum absolute atomic E-state index is 0.000406. The zero-order valence-corrected chi connectivity index (χ0v) is 34.9. The molecular weight excluding hydrogens is 764 g/mol. The Morgan fingerprint density at radius 2 is 1.40 bits per heavy atom. The maximum atomic E-state index is 15.8. The Labute approximate surface area is 336 Å². The largest absolute Gasteiger partial charge is 0.493 e. The van der Waals surface area contributed by atoms with Gasteiger partial charge in [0.15, 0.2) is 34.6 Å². The molecule has 57 heavy (non-hydrogen) atoms. The van der Waals surface area contributed by atoms with Crippen molar-refractivity contribution in [3.63, 3.8) is 0 Å². The SMILES string of the molecule is COc1cc2c(cc1OCCCOc1c(OC)cc3sc(C(=O)CCC(=O)O[C@@H](C)CNC(=O)OC(C)(C)C)cc3c1F)CN(C(=O)CCC(=O)OC(C)(C)C)C2. The van der Waals surface area contributed by atoms with E-state index >= 15 is 4.39 Å². The third-order valence-electron chi connectivity index (χ3n) is 8.32. The van der Waals surface area contributed by atoms with Gasteiger partial charge in [0.1, 0.15) is 17.3 Å². The van der Waals surface area contributed by atoms with Crippen molar-refractivity contribution in [2.24, 2.45) is 0 Å². The first kappa shape index (κ1) is 44.6. The Hall–Kier alpha value is -5.12. The molecule has 2 aromatic carbocycles. The number of alkyl carbamates (subject to hydrolysis) is 1. The zero-order valence-electron chi connectivity index (χ0n) is 34.1. The normalized spacial score (nSPS) is 13.1. The summed E-state index contributed by atoms with van der Waals surface area (Å²) in [5, 5.41) is 2.71. The van der Waals surface area contributed by atoms with Crippen LogP contribution in [0.15, 0.2) is 24.3 Å². The van der Waals surface area contributed by atoms with Gasteiger partial charge in [-0.15, -0.1) is 11.3 Å². The number of nitrogens with zero attached hydrogens (tertiary/aromatic N) is 1. The van der Waals surface area contributed by atoms with Crippen molar-refractivity contribution in [2.45, 2.75) is 111 Å². The maximum Gasteiger partial charge on any atom is 0.407 e. The highest BCUT2D eigenvalue weighted by atomic mass is 32.1. The van der Waals surface area contributed by atoms with Gasteiger partial charge in [0.05, 0.1) is 51.7 Å². The number of nitrogens with one attached hydrogen (secondary N) is 1. The van der Waals surface area contributed by atoms with Crippen LogP contribution in [0, 0.1) is 5.82 Å². The van der Waals surface area contributed by atoms with E-state index in [9.17, 15) is 24.0 Å². The van der Waals surface area contributed by atoms with Crippen LogP contribution < -0.4 is 24.3 Å². The van der Waals surface area contributed by atoms with Crippen LogP contribution in [-0.4, -0.2) is 85.9 Å². The minimum Gasteiger partial charge on any atom is -0.493 e. The lowest BCUT2D eigenvalue weighted by molar-refractivity contribution is -0.156. The summed E-state index contributed by atoms with van der Waals surface area (Å²) < 4.78 is 54.8. The number of hydrogen-bond donors (Lipinski definition) is 1. The predicted octanol–water partition coefficient (Wildman–Crippen LogP) is 7.29. The number of benzene rings is 2. The Balaban J connectivity index is 1.27. The lowest BCUT2D eigenvalue weighted by Crippen LogP contribution is -2.37. The molecule has 0 unspecified atom stereocenters. The van der Waals surface area contributed by atoms with E-state index in [1.54, 1.807) is 59.4 Å². The fourth-order valence-electron chi connectivity index (χ4n) is 5.76. The van der Waals surface area contributed by atoms with Gasteiger partial charge in [-0.05, 0) is 77.8 Å². The van der Waals surface area contributed by atoms with Gasteiger partial charge in [-0.25, -0.2) is 9.18 Å². The number of methoxy groups -OCH3 is 2. The number of hydrogen-bond acceptors (Lipinski definition) is 13. The summed E-state index contributed by atoms with van der Waals surface area (Å²) in [7, 11) is 2.91. The first-order chi connectivity index (χ1) is 26.8. The molecule has 0 fully saturated rings. The first-order valence-electron chi connectivity index (χ1n) is 18.7. The van der Waals surface area contributed by atoms with Crippen molar-refractivity contribution in [2.75, 3.05) is 34.0 Å². The highest BCUT2D eigenvalue weighted by molar-refractivity contribution is 7.20. The second-order valence-corrected chi connectivity index (χ2v) is 16.6. The van der Waals surface area contributed by atoms with Crippen LogP contribution >= 0.6 is 11.3 Å². The van der Waals surface area contributed by atoms with E-state index in [1.807, 2.05) is 12.1 Å². The van der Waals surface area contributed by atoms with Crippen LogP contribution in [0.4, 0.5) is 9.18 Å². The summed E-state index contributed by atoms with van der Waals surface area (Å²) in [6.45, 7) is 13.2. The van der Waals surface area contributed by atoms with E-state index in [1.165, 1.54) is 20.3 Å². The number of carbonyl (C=O) groups excluding carboxylic acids is 5. The number of thiophene rings is 1. The fraction of sp³-hybridized carbons (Fsp3) is 0.537. The van der Waals surface area contributed by atoms with E-state index in [0.29, 0.717) is 35.7 Å². The number of ketones is 1. The van der Waals surface area contributed by atoms with Crippen LogP contribution in [0.2, 0.25) is 0 Å². The molecule has 1 aromatic heterocycles. The number of esters is 2. The van der Waals surface area contributed by atoms with E-state index in [2.05, 4.69) is 5.32 Å². The molecule has 1 N–H and O–H groups in total. The van der Waals surface area contributed by atoms with Crippen molar-refractivity contribution in [1.82, 2.24) is 10.2 Å². The number of ether oxygens (including phenoxy) is 7. The summed E-state index contributed by atoms with van der Waals surface area (Å²) in [4.78, 5) is 64.1. The van der Waals surface area contributed by atoms with Gasteiger partial charge in [0, 0.05) is 48.5 Å². The van der Waals surface area contributed by atoms with Crippen LogP contribution in [0.25, 0.3) is 10.1 Å². The molecule has 0 saturated heterocycles. The summed E-state index contributed by atoms with van der Waals surface area (Å²) in [5.74, 6) is -1.19. The second-order valence-electron chi connectivity index (χ2n) is 15.5. The second kappa shape index (κ2) is 19.4. The standard InChI is InChI=1S/C41H53FN2O12S/c1-24(21-43-39(49)56-41(5,6)7)54-35(47)13-11-28(45)33-19-27-32(57-33)20-31(51-9)38(37(27)42)53-16-10-15-52-30-18-26-23-44(22-25(26)17-29(30)50-8)34(46)12-14-36(48)55-40(2,3)4/h17-20,24H,10-16,21-23H2,1-9H3,(H,43,49)/t24-/m0/s1. The first-order valence-corrected chi connectivity index (χ1v) is 19.5. The minimum atomic E-state index is -0.684. The van der Waals surface area contributed by atoms with Gasteiger partial charge in [0.25, 0.3) is 0 Å². The smallest absolute Gasteiger partial charge is 0.407 e. The molecule has 0 aliphatic carbocycles. The highest BCUT2D eigenvalue weighted by Gasteiger charge is 2.27. The van der Waals surface area contributed by atoms with Crippen molar-refractivity contribution >= 4 is 51.1 Å².